The Kier molecular flexibility index (Phi) is 5.50. The maximum absolute atomic E-state index is 5.32. The molecule has 0 spiro atoms. The summed E-state index contributed by atoms with van der Waals surface area (Å²) in [6.45, 7) is 6.30. The van der Waals surface area contributed by atoms with Crippen molar-refractivity contribution in [1.29, 1.82) is 0 Å². The lowest BCUT2D eigenvalue weighted by molar-refractivity contribution is 0.758. The molecule has 0 aliphatic heterocycles. The highest BCUT2D eigenvalue weighted by molar-refractivity contribution is 7.98. The standard InChI is InChI=1S/C19H20N4S2/c1-13-9-14(2)17(15(3)10-13)11-20-23-18(24)21-22-19(23)25-12-16-7-5-4-6-8-16/h4-11H,12H2,1-3H3,(H,21,24)/b20-11-. The molecule has 0 aliphatic carbocycles. The Morgan fingerprint density at radius 1 is 1.16 bits per heavy atom. The van der Waals surface area contributed by atoms with Crippen LogP contribution in [-0.2, 0) is 5.75 Å². The number of H-pyrrole nitrogens is 1. The quantitative estimate of drug-likeness (QED) is 0.390. The van der Waals surface area contributed by atoms with Crippen LogP contribution in [0.3, 0.4) is 0 Å². The average Bonchev–Trinajstić information content (AvgIpc) is 2.93. The molecule has 0 saturated heterocycles. The van der Waals surface area contributed by atoms with Gasteiger partial charge in [-0.2, -0.15) is 9.78 Å². The highest BCUT2D eigenvalue weighted by atomic mass is 32.2. The first-order chi connectivity index (χ1) is 12.0. The zero-order valence-corrected chi connectivity index (χ0v) is 16.1. The van der Waals surface area contributed by atoms with Gasteiger partial charge in [0.1, 0.15) is 0 Å². The number of aromatic amines is 1. The molecular formula is C19H20N4S2. The van der Waals surface area contributed by atoms with E-state index in [1.54, 1.807) is 16.4 Å². The molecule has 3 rings (SSSR count). The molecule has 0 atom stereocenters. The lowest BCUT2D eigenvalue weighted by atomic mass is 10.0. The van der Waals surface area contributed by atoms with E-state index in [1.165, 1.54) is 22.3 Å². The van der Waals surface area contributed by atoms with Crippen LogP contribution in [-0.4, -0.2) is 21.1 Å². The van der Waals surface area contributed by atoms with E-state index in [1.807, 2.05) is 24.4 Å². The van der Waals surface area contributed by atoms with Gasteiger partial charge in [0.05, 0.1) is 6.21 Å². The molecule has 1 aromatic heterocycles. The summed E-state index contributed by atoms with van der Waals surface area (Å²) in [5, 5.41) is 12.5. The van der Waals surface area contributed by atoms with Gasteiger partial charge in [0.15, 0.2) is 0 Å². The van der Waals surface area contributed by atoms with Crippen LogP contribution < -0.4 is 0 Å². The van der Waals surface area contributed by atoms with Crippen LogP contribution in [0.4, 0.5) is 0 Å². The fourth-order valence-electron chi connectivity index (χ4n) is 2.70. The number of aryl methyl sites for hydroxylation is 3. The molecule has 2 aromatic carbocycles. The summed E-state index contributed by atoms with van der Waals surface area (Å²) in [5.74, 6) is 0.818. The lowest BCUT2D eigenvalue weighted by Crippen LogP contribution is -1.98. The molecule has 25 heavy (non-hydrogen) atoms. The van der Waals surface area contributed by atoms with E-state index in [4.69, 9.17) is 12.2 Å². The highest BCUT2D eigenvalue weighted by Gasteiger charge is 2.07. The molecule has 0 amide bonds. The van der Waals surface area contributed by atoms with Crippen molar-refractivity contribution in [3.63, 3.8) is 0 Å². The maximum atomic E-state index is 5.32. The average molecular weight is 369 g/mol. The smallest absolute Gasteiger partial charge is 0.217 e. The molecular weight excluding hydrogens is 348 g/mol. The van der Waals surface area contributed by atoms with Crippen molar-refractivity contribution < 1.29 is 0 Å². The monoisotopic (exact) mass is 368 g/mol. The second-order valence-corrected chi connectivity index (χ2v) is 7.28. The van der Waals surface area contributed by atoms with Crippen molar-refractivity contribution in [2.45, 2.75) is 31.7 Å². The van der Waals surface area contributed by atoms with Crippen molar-refractivity contribution in [3.05, 3.63) is 75.1 Å². The van der Waals surface area contributed by atoms with Crippen molar-refractivity contribution in [3.8, 4) is 0 Å². The van der Waals surface area contributed by atoms with Crippen LogP contribution in [0, 0.1) is 25.5 Å². The molecule has 1 heterocycles. The van der Waals surface area contributed by atoms with E-state index in [9.17, 15) is 0 Å². The molecule has 128 valence electrons. The third kappa shape index (κ3) is 4.27. The van der Waals surface area contributed by atoms with Crippen LogP contribution in [0.25, 0.3) is 0 Å². The Labute approximate surface area is 157 Å². The molecule has 1 N–H and O–H groups in total. The molecule has 4 nitrogen and oxygen atoms in total. The van der Waals surface area contributed by atoms with Crippen molar-refractivity contribution in [2.75, 3.05) is 0 Å². The fraction of sp³-hybridized carbons (Fsp3) is 0.211. The molecule has 0 fully saturated rings. The van der Waals surface area contributed by atoms with Gasteiger partial charge in [-0.1, -0.05) is 59.8 Å². The van der Waals surface area contributed by atoms with Crippen LogP contribution in [0.1, 0.15) is 27.8 Å². The van der Waals surface area contributed by atoms with Gasteiger partial charge in [0, 0.05) is 11.3 Å². The van der Waals surface area contributed by atoms with E-state index < -0.39 is 0 Å². The predicted octanol–water partition coefficient (Wildman–Crippen LogP) is 5.04. The second-order valence-electron chi connectivity index (χ2n) is 5.95. The zero-order valence-electron chi connectivity index (χ0n) is 14.5. The number of nitrogens with zero attached hydrogens (tertiary/aromatic N) is 3. The number of hydrogen-bond acceptors (Lipinski definition) is 4. The molecule has 0 aliphatic rings. The largest absolute Gasteiger partial charge is 0.249 e. The van der Waals surface area contributed by atoms with Crippen LogP contribution in [0.5, 0.6) is 0 Å². The second kappa shape index (κ2) is 7.80. The fourth-order valence-corrected chi connectivity index (χ4v) is 3.80. The number of aromatic nitrogens is 3. The Morgan fingerprint density at radius 2 is 1.84 bits per heavy atom. The van der Waals surface area contributed by atoms with Gasteiger partial charge < -0.3 is 0 Å². The first kappa shape index (κ1) is 17.6. The van der Waals surface area contributed by atoms with Crippen LogP contribution >= 0.6 is 24.0 Å². The number of benzene rings is 2. The topological polar surface area (TPSA) is 46.0 Å². The Morgan fingerprint density at radius 3 is 2.52 bits per heavy atom. The van der Waals surface area contributed by atoms with E-state index in [0.29, 0.717) is 4.77 Å². The van der Waals surface area contributed by atoms with Crippen LogP contribution in [0.15, 0.2) is 52.7 Å². The van der Waals surface area contributed by atoms with Crippen molar-refractivity contribution >= 4 is 30.2 Å². The summed E-state index contributed by atoms with van der Waals surface area (Å²) in [4.78, 5) is 0. The SMILES string of the molecule is Cc1cc(C)c(/C=N\n2c(SCc3ccccc3)n[nH]c2=S)c(C)c1. The summed E-state index contributed by atoms with van der Waals surface area (Å²) in [7, 11) is 0. The first-order valence-electron chi connectivity index (χ1n) is 8.01. The van der Waals surface area contributed by atoms with E-state index in [2.05, 4.69) is 60.3 Å². The molecule has 3 aromatic rings. The number of nitrogens with one attached hydrogen (secondary N) is 1. The summed E-state index contributed by atoms with van der Waals surface area (Å²) in [6, 6.07) is 14.6. The number of hydrogen-bond donors (Lipinski definition) is 1. The molecule has 0 unspecified atom stereocenters. The third-order valence-corrected chi connectivity index (χ3v) is 5.14. The molecule has 0 radical (unpaired) electrons. The van der Waals surface area contributed by atoms with Gasteiger partial charge in [-0.15, -0.1) is 5.10 Å². The van der Waals surface area contributed by atoms with Crippen LogP contribution in [0.2, 0.25) is 0 Å². The highest BCUT2D eigenvalue weighted by Crippen LogP contribution is 2.21. The normalized spacial score (nSPS) is 11.3. The van der Waals surface area contributed by atoms with Gasteiger partial charge in [-0.25, -0.2) is 5.10 Å². The van der Waals surface area contributed by atoms with Gasteiger partial charge in [0.25, 0.3) is 0 Å². The van der Waals surface area contributed by atoms with Gasteiger partial charge in [-0.3, -0.25) is 0 Å². The summed E-state index contributed by atoms with van der Waals surface area (Å²) in [5.41, 5.74) is 6.02. The summed E-state index contributed by atoms with van der Waals surface area (Å²) in [6.07, 6.45) is 1.86. The molecule has 6 heteroatoms. The minimum absolute atomic E-state index is 0.495. The van der Waals surface area contributed by atoms with Gasteiger partial charge in [0.2, 0.25) is 9.93 Å². The Bertz CT molecular complexity index is 932. The van der Waals surface area contributed by atoms with Gasteiger partial charge >= 0.3 is 0 Å². The van der Waals surface area contributed by atoms with E-state index in [0.717, 1.165) is 16.5 Å². The minimum Gasteiger partial charge on any atom is -0.249 e. The number of rotatable bonds is 5. The minimum atomic E-state index is 0.495. The molecule has 0 bridgehead atoms. The van der Waals surface area contributed by atoms with E-state index in [-0.39, 0.29) is 0 Å². The third-order valence-electron chi connectivity index (χ3n) is 3.87. The zero-order chi connectivity index (χ0) is 17.8. The summed E-state index contributed by atoms with van der Waals surface area (Å²) >= 11 is 6.93. The number of thioether (sulfide) groups is 1. The van der Waals surface area contributed by atoms with Crippen molar-refractivity contribution in [1.82, 2.24) is 14.9 Å². The van der Waals surface area contributed by atoms with Gasteiger partial charge in [-0.05, 0) is 49.7 Å². The van der Waals surface area contributed by atoms with Crippen molar-refractivity contribution in [2.24, 2.45) is 5.10 Å². The Balaban J connectivity index is 1.84. The Hall–Kier alpha value is -2.18. The maximum Gasteiger partial charge on any atom is 0.217 e. The van der Waals surface area contributed by atoms with E-state index >= 15 is 0 Å². The molecule has 0 saturated carbocycles. The lowest BCUT2D eigenvalue weighted by Gasteiger charge is -2.07. The predicted molar refractivity (Wildman–Crippen MR) is 107 cm³/mol. The summed E-state index contributed by atoms with van der Waals surface area (Å²) < 4.78 is 2.18. The first-order valence-corrected chi connectivity index (χ1v) is 9.40.